The fourth-order valence-corrected chi connectivity index (χ4v) is 1.71. The first-order chi connectivity index (χ1) is 9.38. The van der Waals surface area contributed by atoms with Gasteiger partial charge in [-0.2, -0.15) is 0 Å². The highest BCUT2D eigenvalue weighted by Gasteiger charge is 1.96. The summed E-state index contributed by atoms with van der Waals surface area (Å²) in [6, 6.07) is 17.9. The monoisotopic (exact) mass is 252 g/mol. The number of ether oxygens (including phenoxy) is 1. The smallest absolute Gasteiger partial charge is 0.123 e. The Kier molecular flexibility index (Phi) is 4.94. The second kappa shape index (κ2) is 7.17. The third-order valence-corrected chi connectivity index (χ3v) is 2.65. The van der Waals surface area contributed by atoms with E-state index >= 15 is 0 Å². The van der Waals surface area contributed by atoms with Crippen LogP contribution < -0.4 is 4.74 Å². The molecule has 2 heteroatoms. The van der Waals surface area contributed by atoms with Crippen LogP contribution in [0.5, 0.6) is 5.75 Å². The van der Waals surface area contributed by atoms with Gasteiger partial charge in [-0.15, -0.1) is 0 Å². The Bertz CT molecular complexity index is 544. The highest BCUT2D eigenvalue weighted by molar-refractivity contribution is 5.58. The topological polar surface area (TPSA) is 26.3 Å². The predicted molar refractivity (Wildman–Crippen MR) is 76.9 cm³/mol. The largest absolute Gasteiger partial charge is 0.489 e. The van der Waals surface area contributed by atoms with Crippen molar-refractivity contribution in [2.75, 3.05) is 0 Å². The molecule has 0 saturated carbocycles. The summed E-state index contributed by atoms with van der Waals surface area (Å²) in [5.41, 5.74) is 2.18. The standard InChI is InChI=1S/C17H16O2/c18-12-5-4-7-15-10-6-11-17(13-15)19-14-16-8-2-1-3-9-16/h1-4,6-13H,5,14H2. The lowest BCUT2D eigenvalue weighted by atomic mass is 10.2. The number of aldehydes is 1. The summed E-state index contributed by atoms with van der Waals surface area (Å²) in [6.07, 6.45) is 5.08. The summed E-state index contributed by atoms with van der Waals surface area (Å²) in [4.78, 5) is 10.2. The van der Waals surface area contributed by atoms with E-state index in [0.29, 0.717) is 13.0 Å². The molecule has 0 amide bonds. The minimum Gasteiger partial charge on any atom is -0.489 e. The molecule has 19 heavy (non-hydrogen) atoms. The van der Waals surface area contributed by atoms with Gasteiger partial charge in [-0.25, -0.2) is 0 Å². The van der Waals surface area contributed by atoms with E-state index in [9.17, 15) is 4.79 Å². The molecule has 0 atom stereocenters. The Morgan fingerprint density at radius 3 is 2.63 bits per heavy atom. The Balaban J connectivity index is 1.97. The predicted octanol–water partition coefficient (Wildman–Crippen LogP) is 3.87. The minimum absolute atomic E-state index is 0.440. The maximum Gasteiger partial charge on any atom is 0.123 e. The summed E-state index contributed by atoms with van der Waals surface area (Å²) in [7, 11) is 0. The van der Waals surface area contributed by atoms with Crippen LogP contribution in [0.3, 0.4) is 0 Å². The van der Waals surface area contributed by atoms with Crippen LogP contribution in [-0.4, -0.2) is 6.29 Å². The maximum atomic E-state index is 10.2. The van der Waals surface area contributed by atoms with E-state index in [1.54, 1.807) is 0 Å². The molecule has 2 nitrogen and oxygen atoms in total. The second-order valence-electron chi connectivity index (χ2n) is 4.15. The van der Waals surface area contributed by atoms with Gasteiger partial charge in [0.2, 0.25) is 0 Å². The lowest BCUT2D eigenvalue weighted by Gasteiger charge is -2.06. The fraction of sp³-hybridized carbons (Fsp3) is 0.118. The fourth-order valence-electron chi connectivity index (χ4n) is 1.71. The molecular weight excluding hydrogens is 236 g/mol. The molecule has 0 N–H and O–H groups in total. The van der Waals surface area contributed by atoms with E-state index in [4.69, 9.17) is 4.74 Å². The van der Waals surface area contributed by atoms with Crippen molar-refractivity contribution in [1.29, 1.82) is 0 Å². The van der Waals surface area contributed by atoms with Gasteiger partial charge in [0.15, 0.2) is 0 Å². The summed E-state index contributed by atoms with van der Waals surface area (Å²) in [5.74, 6) is 0.831. The van der Waals surface area contributed by atoms with E-state index in [1.165, 1.54) is 0 Å². The Labute approximate surface area is 113 Å². The lowest BCUT2D eigenvalue weighted by Crippen LogP contribution is -1.94. The molecule has 96 valence electrons. The summed E-state index contributed by atoms with van der Waals surface area (Å²) >= 11 is 0. The van der Waals surface area contributed by atoms with E-state index < -0.39 is 0 Å². The molecule has 0 heterocycles. The van der Waals surface area contributed by atoms with Gasteiger partial charge in [0.05, 0.1) is 0 Å². The molecular formula is C17H16O2. The van der Waals surface area contributed by atoms with Crippen molar-refractivity contribution in [1.82, 2.24) is 0 Å². The van der Waals surface area contributed by atoms with Crippen LogP contribution in [0.2, 0.25) is 0 Å². The molecule has 0 aliphatic rings. The SMILES string of the molecule is O=CCC=Cc1cccc(OCc2ccccc2)c1. The number of rotatable bonds is 6. The highest BCUT2D eigenvalue weighted by Crippen LogP contribution is 2.16. The molecule has 0 aromatic heterocycles. The van der Waals surface area contributed by atoms with Crippen molar-refractivity contribution in [3.63, 3.8) is 0 Å². The number of hydrogen-bond acceptors (Lipinski definition) is 2. The minimum atomic E-state index is 0.440. The van der Waals surface area contributed by atoms with Crippen LogP contribution in [0, 0.1) is 0 Å². The van der Waals surface area contributed by atoms with Gasteiger partial charge in [0.25, 0.3) is 0 Å². The van der Waals surface area contributed by atoms with Gasteiger partial charge >= 0.3 is 0 Å². The zero-order chi connectivity index (χ0) is 13.3. The first-order valence-electron chi connectivity index (χ1n) is 6.25. The molecule has 0 unspecified atom stereocenters. The van der Waals surface area contributed by atoms with Gasteiger partial charge in [0.1, 0.15) is 18.6 Å². The second-order valence-corrected chi connectivity index (χ2v) is 4.15. The van der Waals surface area contributed by atoms with Crippen molar-refractivity contribution in [2.45, 2.75) is 13.0 Å². The third-order valence-electron chi connectivity index (χ3n) is 2.65. The Morgan fingerprint density at radius 1 is 1.00 bits per heavy atom. The summed E-state index contributed by atoms with van der Waals surface area (Å²) in [6.45, 7) is 0.558. The molecule has 0 saturated heterocycles. The molecule has 2 aromatic carbocycles. The van der Waals surface area contributed by atoms with Gasteiger partial charge < -0.3 is 9.53 Å². The van der Waals surface area contributed by atoms with Crippen molar-refractivity contribution >= 4 is 12.4 Å². The molecule has 2 aromatic rings. The molecule has 0 aliphatic carbocycles. The van der Waals surface area contributed by atoms with Crippen LogP contribution >= 0.6 is 0 Å². The van der Waals surface area contributed by atoms with Gasteiger partial charge in [-0.05, 0) is 23.3 Å². The Hall–Kier alpha value is -2.35. The number of allylic oxidation sites excluding steroid dienone is 1. The van der Waals surface area contributed by atoms with E-state index in [0.717, 1.165) is 23.2 Å². The average molecular weight is 252 g/mol. The highest BCUT2D eigenvalue weighted by atomic mass is 16.5. The van der Waals surface area contributed by atoms with Crippen LogP contribution in [0.1, 0.15) is 17.5 Å². The van der Waals surface area contributed by atoms with E-state index in [-0.39, 0.29) is 0 Å². The van der Waals surface area contributed by atoms with Gasteiger partial charge in [-0.3, -0.25) is 0 Å². The average Bonchev–Trinajstić information content (AvgIpc) is 2.47. The number of carbonyl (C=O) groups excluding carboxylic acids is 1. The van der Waals surface area contributed by atoms with Crippen LogP contribution in [-0.2, 0) is 11.4 Å². The Morgan fingerprint density at radius 2 is 1.84 bits per heavy atom. The normalized spacial score (nSPS) is 10.5. The number of benzene rings is 2. The lowest BCUT2D eigenvalue weighted by molar-refractivity contribution is -0.107. The van der Waals surface area contributed by atoms with Crippen LogP contribution in [0.4, 0.5) is 0 Å². The summed E-state index contributed by atoms with van der Waals surface area (Å²) < 4.78 is 5.74. The van der Waals surface area contributed by atoms with Crippen LogP contribution in [0.15, 0.2) is 60.7 Å². The first kappa shape index (κ1) is 13.1. The van der Waals surface area contributed by atoms with Gasteiger partial charge in [-0.1, -0.05) is 54.6 Å². The van der Waals surface area contributed by atoms with Gasteiger partial charge in [0, 0.05) is 6.42 Å². The van der Waals surface area contributed by atoms with Crippen LogP contribution in [0.25, 0.3) is 6.08 Å². The zero-order valence-corrected chi connectivity index (χ0v) is 10.7. The summed E-state index contributed by atoms with van der Waals surface area (Å²) in [5, 5.41) is 0. The molecule has 0 spiro atoms. The molecule has 0 bridgehead atoms. The number of hydrogen-bond donors (Lipinski definition) is 0. The molecule has 0 aliphatic heterocycles. The maximum absolute atomic E-state index is 10.2. The van der Waals surface area contributed by atoms with Crippen molar-refractivity contribution in [3.05, 3.63) is 71.8 Å². The van der Waals surface area contributed by atoms with Crippen molar-refractivity contribution in [3.8, 4) is 5.75 Å². The van der Waals surface area contributed by atoms with E-state index in [1.807, 2.05) is 66.7 Å². The third kappa shape index (κ3) is 4.43. The van der Waals surface area contributed by atoms with E-state index in [2.05, 4.69) is 0 Å². The molecule has 0 radical (unpaired) electrons. The molecule has 0 fully saturated rings. The quantitative estimate of drug-likeness (QED) is 0.729. The number of carbonyl (C=O) groups is 1. The zero-order valence-electron chi connectivity index (χ0n) is 10.7. The first-order valence-corrected chi connectivity index (χ1v) is 6.25. The van der Waals surface area contributed by atoms with Crippen molar-refractivity contribution < 1.29 is 9.53 Å². The molecule has 2 rings (SSSR count). The van der Waals surface area contributed by atoms with Crippen molar-refractivity contribution in [2.24, 2.45) is 0 Å².